The molecule has 5 heteroatoms. The molecule has 0 aliphatic rings. The normalized spacial score (nSPS) is 10.1. The minimum absolute atomic E-state index is 0.338. The van der Waals surface area contributed by atoms with Crippen LogP contribution in [0.4, 0.5) is 0 Å². The molecule has 0 N–H and O–H groups in total. The van der Waals surface area contributed by atoms with Crippen LogP contribution in [-0.4, -0.2) is 9.97 Å². The van der Waals surface area contributed by atoms with Gasteiger partial charge in [-0.2, -0.15) is 0 Å². The number of rotatable bonds is 3. The van der Waals surface area contributed by atoms with Crippen LogP contribution in [0.1, 0.15) is 5.76 Å². The second-order valence-corrected chi connectivity index (χ2v) is 3.47. The fourth-order valence-electron chi connectivity index (χ4n) is 0.905. The number of halogens is 1. The number of nitrogens with zero attached hydrogens (tertiary/aromatic N) is 2. The highest BCUT2D eigenvalue weighted by Gasteiger charge is 1.99. The van der Waals surface area contributed by atoms with Crippen LogP contribution in [-0.2, 0) is 6.61 Å². The lowest BCUT2D eigenvalue weighted by Gasteiger charge is -2.00. The largest absolute Gasteiger partial charge is 0.466 e. The van der Waals surface area contributed by atoms with Crippen LogP contribution in [0.2, 0.25) is 0 Å². The van der Waals surface area contributed by atoms with Gasteiger partial charge < -0.3 is 9.15 Å². The van der Waals surface area contributed by atoms with Gasteiger partial charge in [-0.3, -0.25) is 0 Å². The zero-order valence-corrected chi connectivity index (χ0v) is 8.77. The quantitative estimate of drug-likeness (QED) is 0.844. The monoisotopic (exact) mass is 254 g/mol. The average molecular weight is 255 g/mol. The molecule has 0 saturated carbocycles. The van der Waals surface area contributed by atoms with Crippen LogP contribution < -0.4 is 4.74 Å². The molecule has 0 amide bonds. The Hall–Kier alpha value is -1.36. The van der Waals surface area contributed by atoms with E-state index in [0.29, 0.717) is 12.6 Å². The Bertz CT molecular complexity index is 386. The maximum atomic E-state index is 5.27. The zero-order valence-electron chi connectivity index (χ0n) is 7.18. The van der Waals surface area contributed by atoms with Crippen molar-refractivity contribution in [2.45, 2.75) is 6.61 Å². The van der Waals surface area contributed by atoms with Crippen LogP contribution in [0, 0.1) is 0 Å². The number of hydrogen-bond acceptors (Lipinski definition) is 4. The highest BCUT2D eigenvalue weighted by molar-refractivity contribution is 9.10. The van der Waals surface area contributed by atoms with Crippen molar-refractivity contribution >= 4 is 15.9 Å². The van der Waals surface area contributed by atoms with Gasteiger partial charge in [-0.25, -0.2) is 9.97 Å². The smallest absolute Gasteiger partial charge is 0.316 e. The molecule has 2 rings (SSSR count). The van der Waals surface area contributed by atoms with Gasteiger partial charge in [0.2, 0.25) is 0 Å². The van der Waals surface area contributed by atoms with Crippen molar-refractivity contribution < 1.29 is 9.15 Å². The Labute approximate surface area is 89.1 Å². The minimum atomic E-state index is 0.338. The SMILES string of the molecule is Brc1cnc(OCc2ccco2)nc1. The molecular formula is C9H7BrN2O2. The van der Waals surface area contributed by atoms with E-state index in [9.17, 15) is 0 Å². The van der Waals surface area contributed by atoms with Gasteiger partial charge in [-0.05, 0) is 28.1 Å². The van der Waals surface area contributed by atoms with Gasteiger partial charge in [0.25, 0.3) is 0 Å². The number of ether oxygens (including phenoxy) is 1. The van der Waals surface area contributed by atoms with E-state index in [1.165, 1.54) is 0 Å². The second-order valence-electron chi connectivity index (χ2n) is 2.55. The summed E-state index contributed by atoms with van der Waals surface area (Å²) >= 11 is 3.24. The first-order valence-corrected chi connectivity index (χ1v) is 4.76. The van der Waals surface area contributed by atoms with Gasteiger partial charge in [-0.1, -0.05) is 0 Å². The topological polar surface area (TPSA) is 48.2 Å². The van der Waals surface area contributed by atoms with Crippen molar-refractivity contribution in [3.05, 3.63) is 41.0 Å². The van der Waals surface area contributed by atoms with Crippen LogP contribution in [0.5, 0.6) is 6.01 Å². The fraction of sp³-hybridized carbons (Fsp3) is 0.111. The number of aromatic nitrogens is 2. The predicted molar refractivity (Wildman–Crippen MR) is 52.8 cm³/mol. The molecule has 0 radical (unpaired) electrons. The second kappa shape index (κ2) is 4.23. The van der Waals surface area contributed by atoms with Crippen molar-refractivity contribution in [1.82, 2.24) is 9.97 Å². The summed E-state index contributed by atoms with van der Waals surface area (Å²) in [7, 11) is 0. The van der Waals surface area contributed by atoms with Crippen LogP contribution in [0.3, 0.4) is 0 Å². The molecule has 0 aromatic carbocycles. The molecule has 0 fully saturated rings. The van der Waals surface area contributed by atoms with E-state index in [2.05, 4.69) is 25.9 Å². The Kier molecular flexibility index (Phi) is 2.78. The Balaban J connectivity index is 1.95. The number of hydrogen-bond donors (Lipinski definition) is 0. The summed E-state index contributed by atoms with van der Waals surface area (Å²) in [4.78, 5) is 7.91. The summed E-state index contributed by atoms with van der Waals surface area (Å²) in [6, 6.07) is 3.98. The summed E-state index contributed by atoms with van der Waals surface area (Å²) in [6.45, 7) is 0.342. The van der Waals surface area contributed by atoms with Gasteiger partial charge in [0.15, 0.2) is 0 Å². The maximum absolute atomic E-state index is 5.27. The van der Waals surface area contributed by atoms with E-state index in [0.717, 1.165) is 10.2 Å². The molecule has 0 aliphatic carbocycles. The third-order valence-corrected chi connectivity index (χ3v) is 1.93. The molecule has 0 unspecified atom stereocenters. The molecule has 4 nitrogen and oxygen atoms in total. The van der Waals surface area contributed by atoms with E-state index >= 15 is 0 Å². The first kappa shape index (κ1) is 9.21. The van der Waals surface area contributed by atoms with Crippen LogP contribution in [0.25, 0.3) is 0 Å². The summed E-state index contributed by atoms with van der Waals surface area (Å²) in [5, 5.41) is 0. The third kappa shape index (κ3) is 2.32. The van der Waals surface area contributed by atoms with Crippen molar-refractivity contribution in [3.8, 4) is 6.01 Å². The molecule has 2 heterocycles. The standard InChI is InChI=1S/C9H7BrN2O2/c10-7-4-11-9(12-5-7)14-6-8-2-1-3-13-8/h1-5H,6H2. The summed E-state index contributed by atoms with van der Waals surface area (Å²) in [6.07, 6.45) is 4.86. The molecule has 0 spiro atoms. The lowest BCUT2D eigenvalue weighted by molar-refractivity contribution is 0.250. The molecule has 2 aromatic rings. The highest BCUT2D eigenvalue weighted by atomic mass is 79.9. The van der Waals surface area contributed by atoms with Gasteiger partial charge in [0, 0.05) is 12.4 Å². The van der Waals surface area contributed by atoms with Crippen molar-refractivity contribution in [2.24, 2.45) is 0 Å². The molecule has 14 heavy (non-hydrogen) atoms. The maximum Gasteiger partial charge on any atom is 0.316 e. The molecule has 0 atom stereocenters. The van der Waals surface area contributed by atoms with Crippen LogP contribution in [0.15, 0.2) is 39.7 Å². The Morgan fingerprint density at radius 2 is 2.14 bits per heavy atom. The summed E-state index contributed by atoms with van der Waals surface area (Å²) in [5.41, 5.74) is 0. The van der Waals surface area contributed by atoms with E-state index < -0.39 is 0 Å². The summed E-state index contributed by atoms with van der Waals surface area (Å²) < 4.78 is 11.2. The van der Waals surface area contributed by atoms with E-state index in [1.54, 1.807) is 24.7 Å². The van der Waals surface area contributed by atoms with Crippen molar-refractivity contribution in [2.75, 3.05) is 0 Å². The summed E-state index contributed by atoms with van der Waals surface area (Å²) in [5.74, 6) is 0.747. The predicted octanol–water partition coefficient (Wildman–Crippen LogP) is 2.41. The van der Waals surface area contributed by atoms with Crippen LogP contribution >= 0.6 is 15.9 Å². The van der Waals surface area contributed by atoms with E-state index in [-0.39, 0.29) is 0 Å². The van der Waals surface area contributed by atoms with Crippen molar-refractivity contribution in [1.29, 1.82) is 0 Å². The van der Waals surface area contributed by atoms with Gasteiger partial charge >= 0.3 is 6.01 Å². The molecule has 72 valence electrons. The lowest BCUT2D eigenvalue weighted by Crippen LogP contribution is -1.97. The first-order chi connectivity index (χ1) is 6.84. The highest BCUT2D eigenvalue weighted by Crippen LogP contribution is 2.10. The first-order valence-electron chi connectivity index (χ1n) is 3.97. The van der Waals surface area contributed by atoms with Gasteiger partial charge in [0.1, 0.15) is 12.4 Å². The Morgan fingerprint density at radius 1 is 1.36 bits per heavy atom. The molecule has 0 bridgehead atoms. The molecule has 2 aromatic heterocycles. The third-order valence-electron chi connectivity index (χ3n) is 1.52. The minimum Gasteiger partial charge on any atom is -0.466 e. The molecule has 0 aliphatic heterocycles. The van der Waals surface area contributed by atoms with Gasteiger partial charge in [-0.15, -0.1) is 0 Å². The molecular weight excluding hydrogens is 248 g/mol. The van der Waals surface area contributed by atoms with E-state index in [1.807, 2.05) is 6.07 Å². The average Bonchev–Trinajstić information content (AvgIpc) is 2.70. The lowest BCUT2D eigenvalue weighted by atomic mass is 10.5. The Morgan fingerprint density at radius 3 is 2.79 bits per heavy atom. The van der Waals surface area contributed by atoms with E-state index in [4.69, 9.17) is 9.15 Å². The molecule has 0 saturated heterocycles. The fourth-order valence-corrected chi connectivity index (χ4v) is 1.11. The van der Waals surface area contributed by atoms with Crippen molar-refractivity contribution in [3.63, 3.8) is 0 Å². The number of furan rings is 1. The van der Waals surface area contributed by atoms with Gasteiger partial charge in [0.05, 0.1) is 10.7 Å². The zero-order chi connectivity index (χ0) is 9.80.